The summed E-state index contributed by atoms with van der Waals surface area (Å²) in [4.78, 5) is 25.2. The van der Waals surface area contributed by atoms with E-state index in [1.165, 1.54) is 4.90 Å². The molecule has 0 aromatic heterocycles. The van der Waals surface area contributed by atoms with Gasteiger partial charge in [-0.1, -0.05) is 0 Å². The third-order valence-corrected chi connectivity index (χ3v) is 3.68. The number of hydrogen-bond donors (Lipinski definition) is 2. The monoisotopic (exact) mass is 365 g/mol. The second kappa shape index (κ2) is 7.77. The molecule has 1 fully saturated rings. The summed E-state index contributed by atoms with van der Waals surface area (Å²) in [7, 11) is 0. The molecule has 2 amide bonds. The number of anilines is 1. The van der Waals surface area contributed by atoms with Crippen molar-refractivity contribution in [2.45, 2.75) is 25.1 Å². The van der Waals surface area contributed by atoms with Gasteiger partial charge < -0.3 is 10.6 Å². The number of carbonyl (C=O) groups excluding carboxylic acids is 2. The van der Waals surface area contributed by atoms with Gasteiger partial charge >= 0.3 is 6.18 Å². The largest absolute Gasteiger partial charge is 0.405 e. The molecule has 1 atom stereocenters. The normalized spacial score (nSPS) is 18.2. The summed E-state index contributed by atoms with van der Waals surface area (Å²) < 4.78 is 62.8. The van der Waals surface area contributed by atoms with Crippen molar-refractivity contribution in [2.75, 3.05) is 25.0 Å². The maximum Gasteiger partial charge on any atom is 0.405 e. The highest BCUT2D eigenvalue weighted by molar-refractivity contribution is 5.93. The fraction of sp³-hybridized carbons (Fsp3) is 0.467. The Hall–Kier alpha value is -2.23. The lowest BCUT2D eigenvalue weighted by atomic mass is 10.2. The van der Waals surface area contributed by atoms with E-state index in [2.05, 4.69) is 5.32 Å². The number of alkyl halides is 3. The van der Waals surface area contributed by atoms with Crippen LogP contribution in [-0.2, 0) is 9.59 Å². The number of amides is 2. The van der Waals surface area contributed by atoms with Gasteiger partial charge in [0.2, 0.25) is 11.8 Å². The van der Waals surface area contributed by atoms with E-state index in [-0.39, 0.29) is 12.2 Å². The first kappa shape index (κ1) is 19.1. The van der Waals surface area contributed by atoms with E-state index in [9.17, 15) is 31.5 Å². The number of rotatable bonds is 5. The zero-order valence-electron chi connectivity index (χ0n) is 13.0. The number of likely N-dealkylation sites (tertiary alicyclic amines) is 1. The summed E-state index contributed by atoms with van der Waals surface area (Å²) in [6.45, 7) is -1.38. The van der Waals surface area contributed by atoms with Crippen molar-refractivity contribution in [3.8, 4) is 0 Å². The van der Waals surface area contributed by atoms with Crippen molar-refractivity contribution in [3.63, 3.8) is 0 Å². The molecule has 1 aliphatic heterocycles. The average molecular weight is 365 g/mol. The van der Waals surface area contributed by atoms with Gasteiger partial charge in [0.15, 0.2) is 0 Å². The molecular weight excluding hydrogens is 349 g/mol. The summed E-state index contributed by atoms with van der Waals surface area (Å²) >= 11 is 0. The van der Waals surface area contributed by atoms with Crippen molar-refractivity contribution in [1.29, 1.82) is 0 Å². The van der Waals surface area contributed by atoms with E-state index in [1.54, 1.807) is 5.32 Å². The zero-order valence-corrected chi connectivity index (χ0v) is 13.0. The Morgan fingerprint density at radius 3 is 2.60 bits per heavy atom. The molecule has 0 saturated carbocycles. The predicted molar refractivity (Wildman–Crippen MR) is 78.6 cm³/mol. The third kappa shape index (κ3) is 5.66. The lowest BCUT2D eigenvalue weighted by Crippen LogP contribution is -2.47. The molecule has 2 N–H and O–H groups in total. The minimum atomic E-state index is -4.52. The van der Waals surface area contributed by atoms with Crippen molar-refractivity contribution >= 4 is 17.5 Å². The van der Waals surface area contributed by atoms with Crippen LogP contribution in [0.2, 0.25) is 0 Å². The van der Waals surface area contributed by atoms with Crippen LogP contribution in [-0.4, -0.2) is 48.6 Å². The molecule has 138 valence electrons. The number of halogens is 5. The summed E-state index contributed by atoms with van der Waals surface area (Å²) in [6, 6.07) is 1.78. The lowest BCUT2D eigenvalue weighted by Gasteiger charge is -2.23. The summed E-state index contributed by atoms with van der Waals surface area (Å²) in [5.74, 6) is -3.21. The molecule has 0 aliphatic carbocycles. The van der Waals surface area contributed by atoms with Gasteiger partial charge in [-0.15, -0.1) is 0 Å². The van der Waals surface area contributed by atoms with Gasteiger partial charge in [0.1, 0.15) is 18.2 Å². The van der Waals surface area contributed by atoms with Gasteiger partial charge in [0.05, 0.1) is 18.3 Å². The van der Waals surface area contributed by atoms with Crippen LogP contribution in [0.1, 0.15) is 12.8 Å². The van der Waals surface area contributed by atoms with Crippen molar-refractivity contribution < 1.29 is 31.5 Å². The summed E-state index contributed by atoms with van der Waals surface area (Å²) in [6.07, 6.45) is -3.65. The molecule has 2 rings (SSSR count). The fourth-order valence-electron chi connectivity index (χ4n) is 2.58. The first-order valence-electron chi connectivity index (χ1n) is 7.49. The maximum absolute atomic E-state index is 13.5. The fourth-order valence-corrected chi connectivity index (χ4v) is 2.58. The van der Waals surface area contributed by atoms with Crippen LogP contribution in [0.4, 0.5) is 27.6 Å². The molecule has 1 saturated heterocycles. The highest BCUT2D eigenvalue weighted by Gasteiger charge is 2.34. The van der Waals surface area contributed by atoms with Gasteiger partial charge in [-0.05, 0) is 31.5 Å². The number of carbonyl (C=O) groups is 2. The molecular formula is C15H16F5N3O2. The van der Waals surface area contributed by atoms with E-state index in [4.69, 9.17) is 0 Å². The number of benzene rings is 1. The Morgan fingerprint density at radius 1 is 1.24 bits per heavy atom. The van der Waals surface area contributed by atoms with Crippen LogP contribution in [0.25, 0.3) is 0 Å². The van der Waals surface area contributed by atoms with Gasteiger partial charge in [0, 0.05) is 6.07 Å². The minimum Gasteiger partial charge on any atom is -0.346 e. The molecule has 1 heterocycles. The van der Waals surface area contributed by atoms with Crippen LogP contribution in [0.3, 0.4) is 0 Å². The van der Waals surface area contributed by atoms with Crippen LogP contribution in [0, 0.1) is 11.6 Å². The Bertz CT molecular complexity index is 651. The van der Waals surface area contributed by atoms with Crippen LogP contribution >= 0.6 is 0 Å². The number of hydrogen-bond acceptors (Lipinski definition) is 3. The average Bonchev–Trinajstić information content (AvgIpc) is 2.95. The van der Waals surface area contributed by atoms with Crippen molar-refractivity contribution in [2.24, 2.45) is 0 Å². The minimum absolute atomic E-state index is 0.219. The van der Waals surface area contributed by atoms with Crippen molar-refractivity contribution in [3.05, 3.63) is 29.8 Å². The molecule has 1 aromatic carbocycles. The SMILES string of the molecule is O=C(CN1CCCC1C(=O)NCC(F)(F)F)Nc1ccc(F)cc1F. The van der Waals surface area contributed by atoms with E-state index in [0.717, 1.165) is 12.1 Å². The number of nitrogens with one attached hydrogen (secondary N) is 2. The highest BCUT2D eigenvalue weighted by atomic mass is 19.4. The molecule has 0 bridgehead atoms. The zero-order chi connectivity index (χ0) is 18.6. The van der Waals surface area contributed by atoms with E-state index in [1.807, 2.05) is 0 Å². The summed E-state index contributed by atoms with van der Waals surface area (Å²) in [5.41, 5.74) is -0.219. The quantitative estimate of drug-likeness (QED) is 0.786. The maximum atomic E-state index is 13.5. The highest BCUT2D eigenvalue weighted by Crippen LogP contribution is 2.19. The summed E-state index contributed by atoms with van der Waals surface area (Å²) in [5, 5.41) is 4.04. The standard InChI is InChI=1S/C15H16F5N3O2/c16-9-3-4-11(10(17)6-9)22-13(24)7-23-5-1-2-12(23)14(25)21-8-15(18,19)20/h3-4,6,12H,1-2,5,7-8H2,(H,21,25)(H,22,24). The molecule has 1 aromatic rings. The van der Waals surface area contributed by atoms with Gasteiger partial charge in [-0.3, -0.25) is 14.5 Å². The van der Waals surface area contributed by atoms with Crippen molar-refractivity contribution in [1.82, 2.24) is 10.2 Å². The van der Waals surface area contributed by atoms with Gasteiger partial charge in [0.25, 0.3) is 0 Å². The molecule has 0 spiro atoms. The molecule has 1 unspecified atom stereocenters. The van der Waals surface area contributed by atoms with Crippen LogP contribution < -0.4 is 10.6 Å². The number of nitrogens with zero attached hydrogens (tertiary/aromatic N) is 1. The van der Waals surface area contributed by atoms with E-state index < -0.39 is 42.2 Å². The Morgan fingerprint density at radius 2 is 1.96 bits per heavy atom. The van der Waals surface area contributed by atoms with E-state index in [0.29, 0.717) is 25.5 Å². The van der Waals surface area contributed by atoms with Gasteiger partial charge in [-0.25, -0.2) is 8.78 Å². The third-order valence-electron chi connectivity index (χ3n) is 3.68. The predicted octanol–water partition coefficient (Wildman–Crippen LogP) is 2.05. The van der Waals surface area contributed by atoms with E-state index >= 15 is 0 Å². The molecule has 0 radical (unpaired) electrons. The van der Waals surface area contributed by atoms with Gasteiger partial charge in [-0.2, -0.15) is 13.2 Å². The molecule has 1 aliphatic rings. The smallest absolute Gasteiger partial charge is 0.346 e. The Kier molecular flexibility index (Phi) is 5.93. The lowest BCUT2D eigenvalue weighted by molar-refractivity contribution is -0.141. The Balaban J connectivity index is 1.91. The second-order valence-electron chi connectivity index (χ2n) is 5.63. The second-order valence-corrected chi connectivity index (χ2v) is 5.63. The Labute approximate surface area is 140 Å². The van der Waals surface area contributed by atoms with Crippen LogP contribution in [0.15, 0.2) is 18.2 Å². The van der Waals surface area contributed by atoms with Crippen LogP contribution in [0.5, 0.6) is 0 Å². The molecule has 5 nitrogen and oxygen atoms in total. The topological polar surface area (TPSA) is 61.4 Å². The molecule has 10 heteroatoms. The molecule has 25 heavy (non-hydrogen) atoms. The first-order valence-corrected chi connectivity index (χ1v) is 7.49. The first-order chi connectivity index (χ1) is 11.7.